The van der Waals surface area contributed by atoms with Gasteiger partial charge in [-0.05, 0) is 44.4 Å². The largest absolute Gasteiger partial charge is 0.444 e. The minimum Gasteiger partial charge on any atom is -0.444 e. The van der Waals surface area contributed by atoms with Crippen LogP contribution in [0.1, 0.15) is 40.2 Å². The molecule has 0 fully saturated rings. The summed E-state index contributed by atoms with van der Waals surface area (Å²) in [4.78, 5) is 48.6. The number of hydrogen-bond acceptors (Lipinski definition) is 7. The van der Waals surface area contributed by atoms with E-state index in [2.05, 4.69) is 10.6 Å². The van der Waals surface area contributed by atoms with Crippen LogP contribution in [0.2, 0.25) is 0 Å². The third-order valence-corrected chi connectivity index (χ3v) is 4.77. The summed E-state index contributed by atoms with van der Waals surface area (Å²) in [7, 11) is 0. The Morgan fingerprint density at radius 3 is 2.09 bits per heavy atom. The number of esters is 1. The van der Waals surface area contributed by atoms with Crippen molar-refractivity contribution in [3.8, 4) is 5.75 Å². The fourth-order valence-corrected chi connectivity index (χ4v) is 3.08. The van der Waals surface area contributed by atoms with Gasteiger partial charge in [-0.2, -0.15) is 0 Å². The number of carbonyl (C=O) groups excluding carboxylic acids is 3. The van der Waals surface area contributed by atoms with E-state index in [1.807, 2.05) is 30.3 Å². The Hall–Kier alpha value is -3.95. The summed E-state index contributed by atoms with van der Waals surface area (Å²) in [5.41, 5.74) is -0.0962. The maximum atomic E-state index is 13.2. The number of ether oxygens (including phenoxy) is 2. The summed E-state index contributed by atoms with van der Waals surface area (Å²) in [6.07, 6.45) is -0.586. The molecule has 188 valence electrons. The molecule has 2 atom stereocenters. The van der Waals surface area contributed by atoms with E-state index >= 15 is 0 Å². The van der Waals surface area contributed by atoms with Crippen molar-refractivity contribution in [2.24, 2.45) is 5.92 Å². The van der Waals surface area contributed by atoms with Crippen molar-refractivity contribution in [2.75, 3.05) is 0 Å². The zero-order valence-corrected chi connectivity index (χ0v) is 20.4. The van der Waals surface area contributed by atoms with E-state index in [4.69, 9.17) is 9.47 Å². The van der Waals surface area contributed by atoms with Crippen LogP contribution in [-0.4, -0.2) is 40.6 Å². The molecule has 2 rings (SSSR count). The minimum absolute atomic E-state index is 0.105. The lowest BCUT2D eigenvalue weighted by Crippen LogP contribution is -2.55. The number of nitro groups is 1. The topological polar surface area (TPSA) is 137 Å². The van der Waals surface area contributed by atoms with Gasteiger partial charge in [0.1, 0.15) is 23.4 Å². The molecule has 0 unspecified atom stereocenters. The highest BCUT2D eigenvalue weighted by atomic mass is 16.6. The minimum atomic E-state index is -1.03. The molecule has 35 heavy (non-hydrogen) atoms. The second kappa shape index (κ2) is 12.0. The van der Waals surface area contributed by atoms with Crippen molar-refractivity contribution in [2.45, 2.75) is 58.7 Å². The van der Waals surface area contributed by atoms with Crippen LogP contribution >= 0.6 is 0 Å². The van der Waals surface area contributed by atoms with E-state index in [0.717, 1.165) is 5.56 Å². The van der Waals surface area contributed by atoms with E-state index in [-0.39, 0.29) is 23.8 Å². The molecule has 0 aliphatic carbocycles. The van der Waals surface area contributed by atoms with Gasteiger partial charge in [-0.3, -0.25) is 14.9 Å². The lowest BCUT2D eigenvalue weighted by molar-refractivity contribution is -0.384. The van der Waals surface area contributed by atoms with E-state index in [9.17, 15) is 24.5 Å². The van der Waals surface area contributed by atoms with Crippen molar-refractivity contribution < 1.29 is 28.8 Å². The Morgan fingerprint density at radius 2 is 1.57 bits per heavy atom. The molecule has 0 aromatic heterocycles. The Balaban J connectivity index is 2.16. The van der Waals surface area contributed by atoms with Crippen LogP contribution in [0.3, 0.4) is 0 Å². The first-order chi connectivity index (χ1) is 16.4. The van der Waals surface area contributed by atoms with E-state index in [0.29, 0.717) is 0 Å². The Bertz CT molecular complexity index is 1030. The average Bonchev–Trinajstić information content (AvgIpc) is 2.76. The number of nitrogens with one attached hydrogen (secondary N) is 2. The number of hydrogen-bond donors (Lipinski definition) is 2. The molecule has 0 heterocycles. The number of nitrogens with zero attached hydrogens (tertiary/aromatic N) is 1. The standard InChI is InChI=1S/C25H31N3O7/c1-16(2)21(23(30)34-19-13-11-18(12-14-19)28(32)33)27-22(29)20(15-17-9-7-6-8-10-17)26-24(31)35-25(3,4)5/h6-14,16,20-21H,15H2,1-5H3,(H,26,31)(H,27,29)/t20-,21-/m0/s1. The highest BCUT2D eigenvalue weighted by molar-refractivity contribution is 5.90. The van der Waals surface area contributed by atoms with Crippen molar-refractivity contribution in [3.63, 3.8) is 0 Å². The summed E-state index contributed by atoms with van der Waals surface area (Å²) in [6, 6.07) is 12.1. The summed E-state index contributed by atoms with van der Waals surface area (Å²) >= 11 is 0. The second-order valence-electron chi connectivity index (χ2n) is 9.29. The number of benzene rings is 2. The number of alkyl carbamates (subject to hydrolysis) is 1. The molecule has 0 bridgehead atoms. The van der Waals surface area contributed by atoms with Gasteiger partial charge in [0, 0.05) is 18.6 Å². The zero-order chi connectivity index (χ0) is 26.2. The molecule has 0 spiro atoms. The van der Waals surface area contributed by atoms with Gasteiger partial charge in [0.05, 0.1) is 4.92 Å². The number of amides is 2. The molecular weight excluding hydrogens is 454 g/mol. The van der Waals surface area contributed by atoms with Gasteiger partial charge < -0.3 is 20.1 Å². The Morgan fingerprint density at radius 1 is 0.971 bits per heavy atom. The molecule has 0 radical (unpaired) electrons. The molecular formula is C25H31N3O7. The molecule has 2 aromatic rings. The summed E-state index contributed by atoms with van der Waals surface area (Å²) in [6.45, 7) is 8.59. The predicted molar refractivity (Wildman–Crippen MR) is 129 cm³/mol. The quantitative estimate of drug-likeness (QED) is 0.239. The van der Waals surface area contributed by atoms with Crippen LogP contribution in [0.4, 0.5) is 10.5 Å². The molecule has 0 aliphatic heterocycles. The monoisotopic (exact) mass is 485 g/mol. The lowest BCUT2D eigenvalue weighted by Gasteiger charge is -2.26. The lowest BCUT2D eigenvalue weighted by atomic mass is 10.0. The maximum Gasteiger partial charge on any atom is 0.408 e. The van der Waals surface area contributed by atoms with Crippen molar-refractivity contribution in [1.29, 1.82) is 0 Å². The smallest absolute Gasteiger partial charge is 0.408 e. The Labute approximate surface area is 204 Å². The Kier molecular flexibility index (Phi) is 9.33. The molecule has 10 heteroatoms. The van der Waals surface area contributed by atoms with Crippen LogP contribution in [0.15, 0.2) is 54.6 Å². The zero-order valence-electron chi connectivity index (χ0n) is 20.4. The summed E-state index contributed by atoms with van der Waals surface area (Å²) < 4.78 is 10.6. The molecule has 2 amide bonds. The van der Waals surface area contributed by atoms with E-state index in [1.165, 1.54) is 24.3 Å². The van der Waals surface area contributed by atoms with Gasteiger partial charge in [0.25, 0.3) is 5.69 Å². The van der Waals surface area contributed by atoms with Crippen LogP contribution in [0, 0.1) is 16.0 Å². The highest BCUT2D eigenvalue weighted by Gasteiger charge is 2.31. The molecule has 10 nitrogen and oxygen atoms in total. The summed E-state index contributed by atoms with van der Waals surface area (Å²) in [5.74, 6) is -1.56. The first-order valence-electron chi connectivity index (χ1n) is 11.2. The van der Waals surface area contributed by atoms with Gasteiger partial charge >= 0.3 is 12.1 Å². The average molecular weight is 486 g/mol. The van der Waals surface area contributed by atoms with Gasteiger partial charge in [-0.15, -0.1) is 0 Å². The summed E-state index contributed by atoms with van der Waals surface area (Å²) in [5, 5.41) is 16.1. The fourth-order valence-electron chi connectivity index (χ4n) is 3.08. The fraction of sp³-hybridized carbons (Fsp3) is 0.400. The van der Waals surface area contributed by atoms with Crippen LogP contribution < -0.4 is 15.4 Å². The second-order valence-corrected chi connectivity index (χ2v) is 9.29. The van der Waals surface area contributed by atoms with Crippen molar-refractivity contribution >= 4 is 23.7 Å². The third kappa shape index (κ3) is 9.07. The molecule has 0 saturated heterocycles. The van der Waals surface area contributed by atoms with Crippen molar-refractivity contribution in [3.05, 3.63) is 70.3 Å². The predicted octanol–water partition coefficient (Wildman–Crippen LogP) is 3.78. The van der Waals surface area contributed by atoms with Gasteiger partial charge in [0.15, 0.2) is 0 Å². The SMILES string of the molecule is CC(C)[C@H](NC(=O)[C@H](Cc1ccccc1)NC(=O)OC(C)(C)C)C(=O)Oc1ccc([N+](=O)[O-])cc1. The van der Waals surface area contributed by atoms with Gasteiger partial charge in [0.2, 0.25) is 5.91 Å². The molecule has 2 N–H and O–H groups in total. The molecule has 0 saturated carbocycles. The molecule has 0 aliphatic rings. The normalized spacial score (nSPS) is 12.9. The first kappa shape index (κ1) is 27.3. The number of carbonyl (C=O) groups is 3. The van der Waals surface area contributed by atoms with E-state index < -0.39 is 40.6 Å². The highest BCUT2D eigenvalue weighted by Crippen LogP contribution is 2.19. The number of nitro benzene ring substituents is 1. The first-order valence-corrected chi connectivity index (χ1v) is 11.2. The number of non-ortho nitro benzene ring substituents is 1. The van der Waals surface area contributed by atoms with Gasteiger partial charge in [-0.1, -0.05) is 44.2 Å². The van der Waals surface area contributed by atoms with Crippen molar-refractivity contribution in [1.82, 2.24) is 10.6 Å². The maximum absolute atomic E-state index is 13.2. The third-order valence-electron chi connectivity index (χ3n) is 4.77. The van der Waals surface area contributed by atoms with Crippen LogP contribution in [-0.2, 0) is 20.7 Å². The van der Waals surface area contributed by atoms with Crippen LogP contribution in [0.25, 0.3) is 0 Å². The van der Waals surface area contributed by atoms with Crippen LogP contribution in [0.5, 0.6) is 5.75 Å². The number of rotatable bonds is 9. The van der Waals surface area contributed by atoms with Gasteiger partial charge in [-0.25, -0.2) is 9.59 Å². The van der Waals surface area contributed by atoms with E-state index in [1.54, 1.807) is 34.6 Å². The molecule has 2 aromatic carbocycles.